The third kappa shape index (κ3) is 9.58. The lowest BCUT2D eigenvalue weighted by atomic mass is 9.97. The third-order valence-electron chi connectivity index (χ3n) is 5.78. The van der Waals surface area contributed by atoms with E-state index in [0.29, 0.717) is 12.8 Å². The van der Waals surface area contributed by atoms with E-state index in [1.165, 1.54) is 76.2 Å². The standard InChI is InChI=1S/C24H43NO2/c1-4-6-8-10-12-14-16-18-22(25-23(26)19-20-24(25)27)21(3)17-15-13-11-9-7-5-2/h17,22H,4-16,18-20H2,1-3H3/b21-17+. The van der Waals surface area contributed by atoms with Gasteiger partial charge in [-0.2, -0.15) is 0 Å². The van der Waals surface area contributed by atoms with E-state index in [4.69, 9.17) is 0 Å². The van der Waals surface area contributed by atoms with Crippen molar-refractivity contribution < 1.29 is 9.59 Å². The van der Waals surface area contributed by atoms with E-state index in [1.807, 2.05) is 0 Å². The Kier molecular flexibility index (Phi) is 13.2. The van der Waals surface area contributed by atoms with Crippen LogP contribution in [0.3, 0.4) is 0 Å². The molecule has 0 aliphatic carbocycles. The Bertz CT molecular complexity index is 439. The van der Waals surface area contributed by atoms with E-state index in [9.17, 15) is 9.59 Å². The highest BCUT2D eigenvalue weighted by Gasteiger charge is 2.35. The summed E-state index contributed by atoms with van der Waals surface area (Å²) in [6.07, 6.45) is 20.3. The maximum Gasteiger partial charge on any atom is 0.230 e. The first-order valence-electron chi connectivity index (χ1n) is 11.6. The second-order valence-electron chi connectivity index (χ2n) is 8.23. The number of unbranched alkanes of at least 4 members (excludes halogenated alkanes) is 11. The highest BCUT2D eigenvalue weighted by atomic mass is 16.2. The maximum absolute atomic E-state index is 12.3. The normalized spacial score (nSPS) is 16.4. The number of nitrogens with zero attached hydrogens (tertiary/aromatic N) is 1. The summed E-state index contributed by atoms with van der Waals surface area (Å²) in [5.41, 5.74) is 1.22. The summed E-state index contributed by atoms with van der Waals surface area (Å²) in [5, 5.41) is 0. The monoisotopic (exact) mass is 377 g/mol. The number of imide groups is 1. The minimum Gasteiger partial charge on any atom is -0.275 e. The molecule has 3 nitrogen and oxygen atoms in total. The van der Waals surface area contributed by atoms with E-state index < -0.39 is 0 Å². The first kappa shape index (κ1) is 23.9. The van der Waals surface area contributed by atoms with Gasteiger partial charge in [-0.1, -0.05) is 96.1 Å². The predicted octanol–water partition coefficient (Wildman–Crippen LogP) is 6.95. The van der Waals surface area contributed by atoms with E-state index >= 15 is 0 Å². The molecule has 0 N–H and O–H groups in total. The summed E-state index contributed by atoms with van der Waals surface area (Å²) in [6.45, 7) is 6.60. The Morgan fingerprint density at radius 1 is 0.815 bits per heavy atom. The number of carbonyl (C=O) groups excluding carboxylic acids is 2. The predicted molar refractivity (Wildman–Crippen MR) is 115 cm³/mol. The van der Waals surface area contributed by atoms with Crippen LogP contribution >= 0.6 is 0 Å². The number of hydrogen-bond acceptors (Lipinski definition) is 2. The summed E-state index contributed by atoms with van der Waals surface area (Å²) in [4.78, 5) is 26.1. The molecule has 0 bridgehead atoms. The van der Waals surface area contributed by atoms with Gasteiger partial charge in [0.2, 0.25) is 11.8 Å². The minimum absolute atomic E-state index is 0.00113. The van der Waals surface area contributed by atoms with E-state index in [2.05, 4.69) is 26.8 Å². The molecule has 1 heterocycles. The minimum atomic E-state index is -0.00113. The first-order valence-corrected chi connectivity index (χ1v) is 11.6. The summed E-state index contributed by atoms with van der Waals surface area (Å²) < 4.78 is 0. The Labute approximate surface area is 168 Å². The van der Waals surface area contributed by atoms with Crippen LogP contribution < -0.4 is 0 Å². The van der Waals surface area contributed by atoms with Crippen molar-refractivity contribution in [3.63, 3.8) is 0 Å². The van der Waals surface area contributed by atoms with Crippen LogP contribution in [0.25, 0.3) is 0 Å². The fraction of sp³-hybridized carbons (Fsp3) is 0.833. The van der Waals surface area contributed by atoms with Gasteiger partial charge in [0.05, 0.1) is 6.04 Å². The van der Waals surface area contributed by atoms with Crippen LogP contribution in [-0.4, -0.2) is 22.8 Å². The topological polar surface area (TPSA) is 37.4 Å². The summed E-state index contributed by atoms with van der Waals surface area (Å²) in [6, 6.07) is -0.00113. The summed E-state index contributed by atoms with van der Waals surface area (Å²) >= 11 is 0. The molecule has 0 aromatic heterocycles. The molecule has 1 atom stereocenters. The van der Waals surface area contributed by atoms with Gasteiger partial charge in [-0.25, -0.2) is 0 Å². The van der Waals surface area contributed by atoms with Crippen molar-refractivity contribution in [2.24, 2.45) is 0 Å². The Morgan fingerprint density at radius 3 is 1.85 bits per heavy atom. The molecular weight excluding hydrogens is 334 g/mol. The molecule has 156 valence electrons. The van der Waals surface area contributed by atoms with Gasteiger partial charge in [0.1, 0.15) is 0 Å². The lowest BCUT2D eigenvalue weighted by molar-refractivity contribution is -0.140. The van der Waals surface area contributed by atoms with Crippen LogP contribution in [-0.2, 0) is 9.59 Å². The number of amides is 2. The third-order valence-corrected chi connectivity index (χ3v) is 5.78. The maximum atomic E-state index is 12.3. The lowest BCUT2D eigenvalue weighted by Gasteiger charge is -2.27. The van der Waals surface area contributed by atoms with Gasteiger partial charge >= 0.3 is 0 Å². The zero-order chi connectivity index (χ0) is 19.9. The molecule has 1 rings (SSSR count). The highest BCUT2D eigenvalue weighted by Crippen LogP contribution is 2.25. The molecule has 1 aliphatic rings. The van der Waals surface area contributed by atoms with Gasteiger partial charge in [-0.15, -0.1) is 0 Å². The molecule has 0 saturated carbocycles. The molecule has 0 aromatic rings. The molecule has 1 aliphatic heterocycles. The van der Waals surface area contributed by atoms with Crippen LogP contribution in [0.2, 0.25) is 0 Å². The van der Waals surface area contributed by atoms with Gasteiger partial charge in [0.25, 0.3) is 0 Å². The molecular formula is C24H43NO2. The molecule has 3 heteroatoms. The van der Waals surface area contributed by atoms with E-state index in [1.54, 1.807) is 4.90 Å². The smallest absolute Gasteiger partial charge is 0.230 e. The van der Waals surface area contributed by atoms with Crippen LogP contribution in [0.5, 0.6) is 0 Å². The fourth-order valence-electron chi connectivity index (χ4n) is 4.01. The second-order valence-corrected chi connectivity index (χ2v) is 8.23. The van der Waals surface area contributed by atoms with Crippen molar-refractivity contribution in [1.82, 2.24) is 4.90 Å². The number of likely N-dealkylation sites (tertiary alicyclic amines) is 1. The SMILES string of the molecule is CCCCCCC/C=C(\C)C(CCCCCCCCC)N1C(=O)CCC1=O. The van der Waals surface area contributed by atoms with Crippen molar-refractivity contribution in [3.05, 3.63) is 11.6 Å². The van der Waals surface area contributed by atoms with Gasteiger partial charge < -0.3 is 0 Å². The first-order chi connectivity index (χ1) is 13.1. The zero-order valence-corrected chi connectivity index (χ0v) is 18.2. The molecule has 0 radical (unpaired) electrons. The Hall–Kier alpha value is -1.12. The van der Waals surface area contributed by atoms with Gasteiger partial charge in [-0.3, -0.25) is 14.5 Å². The van der Waals surface area contributed by atoms with E-state index in [0.717, 1.165) is 19.3 Å². The summed E-state index contributed by atoms with van der Waals surface area (Å²) in [7, 11) is 0. The van der Waals surface area contributed by atoms with Crippen LogP contribution in [0.15, 0.2) is 11.6 Å². The van der Waals surface area contributed by atoms with Crippen LogP contribution in [0.1, 0.15) is 124 Å². The molecule has 1 fully saturated rings. The molecule has 0 spiro atoms. The van der Waals surface area contributed by atoms with Gasteiger partial charge in [0.15, 0.2) is 0 Å². The largest absolute Gasteiger partial charge is 0.275 e. The van der Waals surface area contributed by atoms with Crippen molar-refractivity contribution in [1.29, 1.82) is 0 Å². The van der Waals surface area contributed by atoms with Crippen molar-refractivity contribution >= 4 is 11.8 Å². The average Bonchev–Trinajstić information content (AvgIpc) is 2.99. The number of carbonyl (C=O) groups is 2. The van der Waals surface area contributed by atoms with Crippen molar-refractivity contribution in [3.8, 4) is 0 Å². The molecule has 0 aromatic carbocycles. The Morgan fingerprint density at radius 2 is 1.30 bits per heavy atom. The number of hydrogen-bond donors (Lipinski definition) is 0. The molecule has 27 heavy (non-hydrogen) atoms. The molecule has 2 amide bonds. The van der Waals surface area contributed by atoms with Crippen molar-refractivity contribution in [2.75, 3.05) is 0 Å². The second kappa shape index (κ2) is 14.9. The van der Waals surface area contributed by atoms with Crippen LogP contribution in [0, 0.1) is 0 Å². The zero-order valence-electron chi connectivity index (χ0n) is 18.2. The summed E-state index contributed by atoms with van der Waals surface area (Å²) in [5.74, 6) is 0.0623. The van der Waals surface area contributed by atoms with Gasteiger partial charge in [0, 0.05) is 12.8 Å². The van der Waals surface area contributed by atoms with Gasteiger partial charge in [-0.05, 0) is 26.2 Å². The van der Waals surface area contributed by atoms with Crippen molar-refractivity contribution in [2.45, 2.75) is 130 Å². The number of rotatable bonds is 16. The quantitative estimate of drug-likeness (QED) is 0.166. The Balaban J connectivity index is 2.50. The van der Waals surface area contributed by atoms with Crippen LogP contribution in [0.4, 0.5) is 0 Å². The average molecular weight is 378 g/mol. The fourth-order valence-corrected chi connectivity index (χ4v) is 4.01. The number of allylic oxidation sites excluding steroid dienone is 1. The molecule has 1 saturated heterocycles. The van der Waals surface area contributed by atoms with E-state index in [-0.39, 0.29) is 17.9 Å². The molecule has 1 unspecified atom stereocenters. The highest BCUT2D eigenvalue weighted by molar-refractivity contribution is 6.02. The lowest BCUT2D eigenvalue weighted by Crippen LogP contribution is -2.40.